The summed E-state index contributed by atoms with van der Waals surface area (Å²) in [6.07, 6.45) is -2.43. The minimum absolute atomic E-state index is 0.166. The van der Waals surface area contributed by atoms with E-state index in [1.807, 2.05) is 13.0 Å². The molecule has 0 saturated carbocycles. The van der Waals surface area contributed by atoms with Gasteiger partial charge in [0.15, 0.2) is 0 Å². The van der Waals surface area contributed by atoms with Gasteiger partial charge >= 0.3 is 6.18 Å². The first-order valence-electron chi connectivity index (χ1n) is 7.76. The summed E-state index contributed by atoms with van der Waals surface area (Å²) in [5.41, 5.74) is 9.43. The van der Waals surface area contributed by atoms with Gasteiger partial charge in [-0.3, -0.25) is 4.79 Å². The number of halogens is 3. The van der Waals surface area contributed by atoms with Crippen molar-refractivity contribution in [2.24, 2.45) is 0 Å². The molecule has 0 radical (unpaired) electrons. The van der Waals surface area contributed by atoms with Gasteiger partial charge in [-0.2, -0.15) is 13.2 Å². The molecular formula is C19H19F3N2O. The van der Waals surface area contributed by atoms with Crippen molar-refractivity contribution < 1.29 is 18.0 Å². The monoisotopic (exact) mass is 348 g/mol. The predicted octanol–water partition coefficient (Wildman–Crippen LogP) is 4.97. The summed E-state index contributed by atoms with van der Waals surface area (Å²) in [5.74, 6) is -0.340. The summed E-state index contributed by atoms with van der Waals surface area (Å²) in [5, 5.41) is 2.75. The summed E-state index contributed by atoms with van der Waals surface area (Å²) < 4.78 is 36.7. The predicted molar refractivity (Wildman–Crippen MR) is 94.5 cm³/mol. The van der Waals surface area contributed by atoms with Gasteiger partial charge in [0.05, 0.1) is 0 Å². The van der Waals surface area contributed by atoms with E-state index in [4.69, 9.17) is 5.73 Å². The highest BCUT2D eigenvalue weighted by molar-refractivity contribution is 6.05. The van der Waals surface area contributed by atoms with Crippen LogP contribution in [0, 0.1) is 6.92 Å². The molecule has 3 N–H and O–H groups in total. The largest absolute Gasteiger partial charge is 0.409 e. The van der Waals surface area contributed by atoms with Crippen molar-refractivity contribution in [3.63, 3.8) is 0 Å². The number of benzene rings is 2. The Morgan fingerprint density at radius 3 is 2.48 bits per heavy atom. The molecular weight excluding hydrogens is 329 g/mol. The van der Waals surface area contributed by atoms with Crippen LogP contribution in [-0.2, 0) is 6.42 Å². The minimum atomic E-state index is -4.37. The van der Waals surface area contributed by atoms with Crippen LogP contribution in [0.5, 0.6) is 0 Å². The molecule has 0 aromatic heterocycles. The highest BCUT2D eigenvalue weighted by Gasteiger charge is 2.21. The van der Waals surface area contributed by atoms with E-state index in [2.05, 4.69) is 5.32 Å². The van der Waals surface area contributed by atoms with E-state index < -0.39 is 6.18 Å². The van der Waals surface area contributed by atoms with Gasteiger partial charge in [0.25, 0.3) is 5.91 Å². The fourth-order valence-corrected chi connectivity index (χ4v) is 2.43. The third kappa shape index (κ3) is 5.11. The molecule has 2 rings (SSSR count). The first-order chi connectivity index (χ1) is 11.7. The maximum atomic E-state index is 12.4. The lowest BCUT2D eigenvalue weighted by Crippen LogP contribution is -2.13. The summed E-state index contributed by atoms with van der Waals surface area (Å²) in [6, 6.07) is 9.81. The Labute approximate surface area is 144 Å². The SMILES string of the molecule is CCc1ccc(NC(=O)c2ccc(/C=C/C(F)(F)F)cc2C)cc1N. The Balaban J connectivity index is 2.17. The molecule has 0 unspecified atom stereocenters. The fraction of sp³-hybridized carbons (Fsp3) is 0.211. The van der Waals surface area contributed by atoms with E-state index >= 15 is 0 Å². The third-order valence-electron chi connectivity index (χ3n) is 3.74. The minimum Gasteiger partial charge on any atom is -0.398 e. The Morgan fingerprint density at radius 1 is 1.20 bits per heavy atom. The molecule has 0 spiro atoms. The second-order valence-electron chi connectivity index (χ2n) is 5.67. The van der Waals surface area contributed by atoms with E-state index in [1.165, 1.54) is 18.2 Å². The summed E-state index contributed by atoms with van der Waals surface area (Å²) in [6.45, 7) is 3.66. The van der Waals surface area contributed by atoms with Crippen LogP contribution in [0.1, 0.15) is 34.0 Å². The van der Waals surface area contributed by atoms with Crippen LogP contribution in [0.4, 0.5) is 24.5 Å². The number of carbonyl (C=O) groups excluding carboxylic acids is 1. The first-order valence-corrected chi connectivity index (χ1v) is 7.76. The lowest BCUT2D eigenvalue weighted by molar-refractivity contribution is -0.0790. The molecule has 0 bridgehead atoms. The van der Waals surface area contributed by atoms with Gasteiger partial charge in [0.2, 0.25) is 0 Å². The molecule has 25 heavy (non-hydrogen) atoms. The molecule has 3 nitrogen and oxygen atoms in total. The number of nitrogen functional groups attached to an aromatic ring is 1. The number of hydrogen-bond acceptors (Lipinski definition) is 2. The summed E-state index contributed by atoms with van der Waals surface area (Å²) >= 11 is 0. The van der Waals surface area contributed by atoms with Crippen molar-refractivity contribution in [3.8, 4) is 0 Å². The molecule has 0 aliphatic carbocycles. The zero-order valence-electron chi connectivity index (χ0n) is 13.9. The van der Waals surface area contributed by atoms with Crippen LogP contribution in [0.15, 0.2) is 42.5 Å². The number of nitrogens with one attached hydrogen (secondary N) is 1. The number of carbonyl (C=O) groups is 1. The molecule has 0 aliphatic rings. The smallest absolute Gasteiger partial charge is 0.398 e. The van der Waals surface area contributed by atoms with Gasteiger partial charge in [0, 0.05) is 23.0 Å². The van der Waals surface area contributed by atoms with Crippen LogP contribution in [0.3, 0.4) is 0 Å². The maximum absolute atomic E-state index is 12.4. The second-order valence-corrected chi connectivity index (χ2v) is 5.67. The number of alkyl halides is 3. The number of aryl methyl sites for hydroxylation is 2. The van der Waals surface area contributed by atoms with E-state index in [1.54, 1.807) is 19.1 Å². The van der Waals surface area contributed by atoms with Crippen molar-refractivity contribution in [1.82, 2.24) is 0 Å². The number of anilines is 2. The third-order valence-corrected chi connectivity index (χ3v) is 3.74. The molecule has 0 heterocycles. The Kier molecular flexibility index (Phi) is 5.51. The van der Waals surface area contributed by atoms with Crippen molar-refractivity contribution >= 4 is 23.4 Å². The molecule has 132 valence electrons. The quantitative estimate of drug-likeness (QED) is 0.767. The van der Waals surface area contributed by atoms with Gasteiger partial charge in [0.1, 0.15) is 0 Å². The standard InChI is InChI=1S/C19H19F3N2O/c1-3-14-5-6-15(11-17(14)23)24-18(25)16-7-4-13(10-12(16)2)8-9-19(20,21)22/h4-11H,3,23H2,1-2H3,(H,24,25)/b9-8+. The van der Waals surface area contributed by atoms with Crippen LogP contribution in [0.25, 0.3) is 6.08 Å². The van der Waals surface area contributed by atoms with Crippen LogP contribution in [-0.4, -0.2) is 12.1 Å². The molecule has 2 aromatic carbocycles. The maximum Gasteiger partial charge on any atom is 0.409 e. The molecule has 0 saturated heterocycles. The number of nitrogens with two attached hydrogens (primary N) is 1. The number of allylic oxidation sites excluding steroid dienone is 1. The second kappa shape index (κ2) is 7.42. The highest BCUT2D eigenvalue weighted by atomic mass is 19.4. The Morgan fingerprint density at radius 2 is 1.92 bits per heavy atom. The molecule has 0 atom stereocenters. The molecule has 0 aliphatic heterocycles. The van der Waals surface area contributed by atoms with E-state index in [9.17, 15) is 18.0 Å². The summed E-state index contributed by atoms with van der Waals surface area (Å²) in [7, 11) is 0. The van der Waals surface area contributed by atoms with Gasteiger partial charge in [-0.05, 0) is 48.2 Å². The van der Waals surface area contributed by atoms with Gasteiger partial charge in [-0.1, -0.05) is 31.2 Å². The average molecular weight is 348 g/mol. The topological polar surface area (TPSA) is 55.1 Å². The van der Waals surface area contributed by atoms with Crippen molar-refractivity contribution in [2.45, 2.75) is 26.4 Å². The van der Waals surface area contributed by atoms with Crippen LogP contribution >= 0.6 is 0 Å². The van der Waals surface area contributed by atoms with Crippen molar-refractivity contribution in [1.29, 1.82) is 0 Å². The Bertz CT molecular complexity index is 811. The lowest BCUT2D eigenvalue weighted by atomic mass is 10.0. The number of hydrogen-bond donors (Lipinski definition) is 2. The zero-order chi connectivity index (χ0) is 18.6. The number of rotatable bonds is 4. The van der Waals surface area contributed by atoms with E-state index in [0.717, 1.165) is 18.1 Å². The van der Waals surface area contributed by atoms with Crippen molar-refractivity contribution in [2.75, 3.05) is 11.1 Å². The van der Waals surface area contributed by atoms with Gasteiger partial charge < -0.3 is 11.1 Å². The molecule has 1 amide bonds. The molecule has 0 fully saturated rings. The lowest BCUT2D eigenvalue weighted by Gasteiger charge is -2.10. The zero-order valence-corrected chi connectivity index (χ0v) is 13.9. The fourth-order valence-electron chi connectivity index (χ4n) is 2.43. The molecule has 6 heteroatoms. The van der Waals surface area contributed by atoms with E-state index in [-0.39, 0.29) is 12.0 Å². The normalized spacial score (nSPS) is 11.7. The summed E-state index contributed by atoms with van der Waals surface area (Å²) in [4.78, 5) is 12.4. The number of amides is 1. The van der Waals surface area contributed by atoms with E-state index in [0.29, 0.717) is 28.1 Å². The van der Waals surface area contributed by atoms with Crippen LogP contribution in [0.2, 0.25) is 0 Å². The van der Waals surface area contributed by atoms with Crippen LogP contribution < -0.4 is 11.1 Å². The van der Waals surface area contributed by atoms with Gasteiger partial charge in [-0.15, -0.1) is 0 Å². The highest BCUT2D eigenvalue weighted by Crippen LogP contribution is 2.22. The first kappa shape index (κ1) is 18.6. The van der Waals surface area contributed by atoms with Crippen molar-refractivity contribution in [3.05, 3.63) is 64.7 Å². The van der Waals surface area contributed by atoms with Gasteiger partial charge in [-0.25, -0.2) is 0 Å². The average Bonchev–Trinajstić information content (AvgIpc) is 2.52. The Hall–Kier alpha value is -2.76. The molecule has 2 aromatic rings.